The number of benzene rings is 1. The molecule has 0 bridgehead atoms. The summed E-state index contributed by atoms with van der Waals surface area (Å²) in [5.74, 6) is 0.558. The zero-order valence-electron chi connectivity index (χ0n) is 11.3. The Morgan fingerprint density at radius 2 is 2.20 bits per heavy atom. The van der Waals surface area contributed by atoms with E-state index in [1.807, 2.05) is 0 Å². The number of carbonyl (C=O) groups excluding carboxylic acids is 1. The number of rotatable bonds is 4. The van der Waals surface area contributed by atoms with Crippen molar-refractivity contribution in [1.29, 1.82) is 0 Å². The first kappa shape index (κ1) is 15.3. The van der Waals surface area contributed by atoms with Crippen molar-refractivity contribution >= 4 is 21.8 Å². The van der Waals surface area contributed by atoms with Crippen LogP contribution in [0.5, 0.6) is 5.75 Å². The zero-order valence-corrected chi connectivity index (χ0v) is 12.9. The number of nitrogens with zero attached hydrogens (tertiary/aromatic N) is 1. The lowest BCUT2D eigenvalue weighted by atomic mass is 10.2. The predicted octanol–water partition coefficient (Wildman–Crippen LogP) is 1.57. The van der Waals surface area contributed by atoms with E-state index in [9.17, 15) is 4.79 Å². The lowest BCUT2D eigenvalue weighted by Gasteiger charge is -2.29. The van der Waals surface area contributed by atoms with E-state index >= 15 is 0 Å². The fourth-order valence-corrected chi connectivity index (χ4v) is 2.54. The highest BCUT2D eigenvalue weighted by atomic mass is 79.9. The minimum absolute atomic E-state index is 0.0266. The van der Waals surface area contributed by atoms with E-state index < -0.39 is 6.10 Å². The second-order valence-corrected chi connectivity index (χ2v) is 5.47. The van der Waals surface area contributed by atoms with Gasteiger partial charge in [-0.1, -0.05) is 6.07 Å². The van der Waals surface area contributed by atoms with Crippen molar-refractivity contribution in [3.63, 3.8) is 0 Å². The monoisotopic (exact) mass is 343 g/mol. The fourth-order valence-electron chi connectivity index (χ4n) is 2.02. The van der Waals surface area contributed by atoms with Crippen molar-refractivity contribution in [2.45, 2.75) is 19.6 Å². The van der Waals surface area contributed by atoms with E-state index in [0.717, 1.165) is 10.0 Å². The van der Waals surface area contributed by atoms with Crippen molar-refractivity contribution in [3.05, 3.63) is 28.2 Å². The van der Waals surface area contributed by atoms with Gasteiger partial charge in [-0.15, -0.1) is 0 Å². The molecule has 5 nitrogen and oxygen atoms in total. The summed E-state index contributed by atoms with van der Waals surface area (Å²) < 4.78 is 11.7. The number of halogens is 1. The Bertz CT molecular complexity index is 474. The van der Waals surface area contributed by atoms with Crippen molar-refractivity contribution in [1.82, 2.24) is 4.90 Å². The van der Waals surface area contributed by atoms with Crippen LogP contribution in [-0.4, -0.2) is 48.3 Å². The third-order valence-corrected chi connectivity index (χ3v) is 3.77. The van der Waals surface area contributed by atoms with E-state index in [1.54, 1.807) is 30.0 Å². The maximum atomic E-state index is 12.2. The summed E-state index contributed by atoms with van der Waals surface area (Å²) in [6.07, 6.45) is -0.552. The molecule has 1 amide bonds. The normalized spacial score (nSPS) is 16.9. The highest BCUT2D eigenvalue weighted by Crippen LogP contribution is 2.27. The third kappa shape index (κ3) is 3.71. The highest BCUT2D eigenvalue weighted by molar-refractivity contribution is 9.10. The van der Waals surface area contributed by atoms with Crippen LogP contribution in [0, 0.1) is 0 Å². The quantitative estimate of drug-likeness (QED) is 0.901. The molecule has 6 heteroatoms. The van der Waals surface area contributed by atoms with Gasteiger partial charge in [0.05, 0.1) is 24.3 Å². The van der Waals surface area contributed by atoms with Crippen LogP contribution in [-0.2, 0) is 16.1 Å². The number of hydrogen-bond donors (Lipinski definition) is 1. The van der Waals surface area contributed by atoms with Gasteiger partial charge >= 0.3 is 0 Å². The Kier molecular flexibility index (Phi) is 5.39. The van der Waals surface area contributed by atoms with E-state index in [2.05, 4.69) is 15.9 Å². The molecule has 0 aliphatic carbocycles. The number of hydrogen-bond acceptors (Lipinski definition) is 4. The van der Waals surface area contributed by atoms with E-state index in [-0.39, 0.29) is 12.5 Å². The zero-order chi connectivity index (χ0) is 14.5. The Labute approximate surface area is 126 Å². The highest BCUT2D eigenvalue weighted by Gasteiger charge is 2.24. The van der Waals surface area contributed by atoms with Crippen LogP contribution in [0.3, 0.4) is 0 Å². The minimum atomic E-state index is -0.552. The van der Waals surface area contributed by atoms with Gasteiger partial charge in [0, 0.05) is 13.1 Å². The molecule has 0 saturated carbocycles. The van der Waals surface area contributed by atoms with Gasteiger partial charge in [-0.25, -0.2) is 0 Å². The van der Waals surface area contributed by atoms with Crippen LogP contribution in [0.15, 0.2) is 22.7 Å². The molecule has 1 aliphatic heterocycles. The first-order valence-corrected chi connectivity index (χ1v) is 7.33. The maximum Gasteiger partial charge on any atom is 0.263 e. The van der Waals surface area contributed by atoms with E-state index in [0.29, 0.717) is 32.1 Å². The van der Waals surface area contributed by atoms with Crippen LogP contribution in [0.4, 0.5) is 0 Å². The molecule has 1 aromatic carbocycles. The smallest absolute Gasteiger partial charge is 0.263 e. The molecular formula is C14H18BrNO4. The molecule has 1 heterocycles. The topological polar surface area (TPSA) is 59.0 Å². The van der Waals surface area contributed by atoms with Gasteiger partial charge < -0.3 is 19.5 Å². The predicted molar refractivity (Wildman–Crippen MR) is 77.6 cm³/mol. The molecule has 0 aromatic heterocycles. The maximum absolute atomic E-state index is 12.2. The largest absolute Gasteiger partial charge is 0.480 e. The van der Waals surface area contributed by atoms with Crippen LogP contribution in [0.25, 0.3) is 0 Å². The van der Waals surface area contributed by atoms with Gasteiger partial charge in [0.15, 0.2) is 6.10 Å². The molecule has 0 spiro atoms. The SMILES string of the molecule is CC(Oc1ccc(CO)cc1Br)C(=O)N1CCOCC1. The number of morpholine rings is 1. The minimum Gasteiger partial charge on any atom is -0.480 e. The van der Waals surface area contributed by atoms with Gasteiger partial charge in [0.1, 0.15) is 5.75 Å². The van der Waals surface area contributed by atoms with Gasteiger partial charge in [0.25, 0.3) is 5.91 Å². The van der Waals surface area contributed by atoms with Crippen molar-refractivity contribution in [2.24, 2.45) is 0 Å². The molecule has 110 valence electrons. The molecule has 1 aromatic rings. The van der Waals surface area contributed by atoms with E-state index in [4.69, 9.17) is 14.6 Å². The number of amides is 1. The number of aliphatic hydroxyl groups is 1. The lowest BCUT2D eigenvalue weighted by Crippen LogP contribution is -2.46. The summed E-state index contributed by atoms with van der Waals surface area (Å²) in [7, 11) is 0. The summed E-state index contributed by atoms with van der Waals surface area (Å²) in [6, 6.07) is 5.30. The van der Waals surface area contributed by atoms with Gasteiger partial charge in [0.2, 0.25) is 0 Å². The molecule has 1 saturated heterocycles. The van der Waals surface area contributed by atoms with Crippen LogP contribution in [0.1, 0.15) is 12.5 Å². The molecule has 0 radical (unpaired) electrons. The lowest BCUT2D eigenvalue weighted by molar-refractivity contribution is -0.142. The number of ether oxygens (including phenoxy) is 2. The van der Waals surface area contributed by atoms with Crippen LogP contribution in [0.2, 0.25) is 0 Å². The molecule has 1 fully saturated rings. The molecule has 1 atom stereocenters. The average Bonchev–Trinajstić information content (AvgIpc) is 2.49. The Balaban J connectivity index is 1.99. The summed E-state index contributed by atoms with van der Waals surface area (Å²) in [6.45, 7) is 4.08. The van der Waals surface area contributed by atoms with Crippen LogP contribution >= 0.6 is 15.9 Å². The van der Waals surface area contributed by atoms with Gasteiger partial charge in [-0.3, -0.25) is 4.79 Å². The summed E-state index contributed by atoms with van der Waals surface area (Å²) in [5, 5.41) is 9.06. The third-order valence-electron chi connectivity index (χ3n) is 3.15. The van der Waals surface area contributed by atoms with E-state index in [1.165, 1.54) is 0 Å². The fraction of sp³-hybridized carbons (Fsp3) is 0.500. The number of aliphatic hydroxyl groups excluding tert-OH is 1. The summed E-state index contributed by atoms with van der Waals surface area (Å²) >= 11 is 3.38. The molecule has 2 rings (SSSR count). The summed E-state index contributed by atoms with van der Waals surface area (Å²) in [5.41, 5.74) is 0.788. The number of carbonyl (C=O) groups is 1. The second-order valence-electron chi connectivity index (χ2n) is 4.62. The molecular weight excluding hydrogens is 326 g/mol. The molecule has 1 N–H and O–H groups in total. The van der Waals surface area contributed by atoms with Crippen molar-refractivity contribution < 1.29 is 19.4 Å². The Morgan fingerprint density at radius 1 is 1.50 bits per heavy atom. The van der Waals surface area contributed by atoms with Crippen molar-refractivity contribution in [2.75, 3.05) is 26.3 Å². The van der Waals surface area contributed by atoms with Gasteiger partial charge in [-0.05, 0) is 40.5 Å². The molecule has 1 unspecified atom stereocenters. The standard InChI is InChI=1S/C14H18BrNO4/c1-10(14(18)16-4-6-19-7-5-16)20-13-3-2-11(9-17)8-12(13)15/h2-3,8,10,17H,4-7,9H2,1H3. The Morgan fingerprint density at radius 3 is 2.80 bits per heavy atom. The average molecular weight is 344 g/mol. The molecule has 1 aliphatic rings. The summed E-state index contributed by atoms with van der Waals surface area (Å²) in [4.78, 5) is 14.0. The van der Waals surface area contributed by atoms with Crippen molar-refractivity contribution in [3.8, 4) is 5.75 Å². The first-order valence-electron chi connectivity index (χ1n) is 6.54. The van der Waals surface area contributed by atoms with Crippen LogP contribution < -0.4 is 4.74 Å². The Hall–Kier alpha value is -1.11. The molecule has 20 heavy (non-hydrogen) atoms. The van der Waals surface area contributed by atoms with Gasteiger partial charge in [-0.2, -0.15) is 0 Å². The first-order chi connectivity index (χ1) is 9.61. The second kappa shape index (κ2) is 7.06.